The minimum Gasteiger partial charge on any atom is -0.327 e. The van der Waals surface area contributed by atoms with Gasteiger partial charge in [-0.2, -0.15) is 0 Å². The van der Waals surface area contributed by atoms with Crippen molar-refractivity contribution < 1.29 is 0 Å². The smallest absolute Gasteiger partial charge is 0.0110 e. The summed E-state index contributed by atoms with van der Waals surface area (Å²) >= 11 is 0. The van der Waals surface area contributed by atoms with Crippen LogP contribution < -0.4 is 5.73 Å². The molecule has 0 saturated heterocycles. The van der Waals surface area contributed by atoms with Crippen molar-refractivity contribution in [3.8, 4) is 0 Å². The molecule has 0 spiro atoms. The van der Waals surface area contributed by atoms with E-state index in [1.165, 1.54) is 0 Å². The molecule has 0 heterocycles. The van der Waals surface area contributed by atoms with Crippen LogP contribution in [0, 0.1) is 0 Å². The molecule has 0 aliphatic carbocycles. The van der Waals surface area contributed by atoms with Gasteiger partial charge >= 0.3 is 0 Å². The van der Waals surface area contributed by atoms with Crippen molar-refractivity contribution in [3.05, 3.63) is 48.6 Å². The van der Waals surface area contributed by atoms with E-state index in [9.17, 15) is 0 Å². The van der Waals surface area contributed by atoms with Crippen molar-refractivity contribution >= 4 is 0 Å². The van der Waals surface area contributed by atoms with Crippen LogP contribution >= 0.6 is 0 Å². The van der Waals surface area contributed by atoms with Gasteiger partial charge < -0.3 is 5.73 Å². The Balaban J connectivity index is 4.15. The molecule has 0 rings (SSSR count). The van der Waals surface area contributed by atoms with Gasteiger partial charge in [0.2, 0.25) is 0 Å². The van der Waals surface area contributed by atoms with Crippen LogP contribution in [0.3, 0.4) is 0 Å². The molecule has 1 nitrogen and oxygen atoms in total. The monoisotopic (exact) mass is 149 g/mol. The average Bonchev–Trinajstić information content (AvgIpc) is 2.05. The Kier molecular flexibility index (Phi) is 6.34. The van der Waals surface area contributed by atoms with Crippen molar-refractivity contribution in [1.29, 1.82) is 0 Å². The van der Waals surface area contributed by atoms with E-state index in [2.05, 4.69) is 6.58 Å². The number of hydrogen-bond acceptors (Lipinski definition) is 1. The summed E-state index contributed by atoms with van der Waals surface area (Å²) in [7, 11) is 0. The molecule has 0 aliphatic heterocycles. The van der Waals surface area contributed by atoms with Crippen LogP contribution in [0.5, 0.6) is 0 Å². The number of hydrogen-bond donors (Lipinski definition) is 1. The highest BCUT2D eigenvalue weighted by Gasteiger charge is 1.78. The lowest BCUT2D eigenvalue weighted by Crippen LogP contribution is -1.92. The standard InChI is InChI=1S/C10H15N/c1-3-5-7-10(4-2)8-6-9-11/h3-8H,2,9,11H2,1H3/b5-3-,8-6+,10-7+. The summed E-state index contributed by atoms with van der Waals surface area (Å²) in [5.74, 6) is 0. The van der Waals surface area contributed by atoms with Gasteiger partial charge in [0.1, 0.15) is 0 Å². The maximum atomic E-state index is 5.29. The fourth-order valence-corrected chi connectivity index (χ4v) is 0.603. The molecule has 0 fully saturated rings. The molecule has 0 atom stereocenters. The van der Waals surface area contributed by atoms with E-state index in [4.69, 9.17) is 5.73 Å². The Morgan fingerprint density at radius 3 is 2.73 bits per heavy atom. The van der Waals surface area contributed by atoms with Gasteiger partial charge in [0.25, 0.3) is 0 Å². The molecule has 0 bridgehead atoms. The predicted octanol–water partition coefficient (Wildman–Crippen LogP) is 2.19. The highest BCUT2D eigenvalue weighted by atomic mass is 14.5. The minimum absolute atomic E-state index is 0.570. The van der Waals surface area contributed by atoms with Crippen LogP contribution in [-0.4, -0.2) is 6.54 Å². The molecule has 60 valence electrons. The second-order valence-electron chi connectivity index (χ2n) is 2.03. The first kappa shape index (κ1) is 9.92. The normalized spacial score (nSPS) is 13.1. The van der Waals surface area contributed by atoms with Gasteiger partial charge in [0.15, 0.2) is 0 Å². The third-order valence-corrected chi connectivity index (χ3v) is 1.16. The fourth-order valence-electron chi connectivity index (χ4n) is 0.603. The van der Waals surface area contributed by atoms with Gasteiger partial charge in [0, 0.05) is 6.54 Å². The molecule has 2 N–H and O–H groups in total. The summed E-state index contributed by atoms with van der Waals surface area (Å²) in [5.41, 5.74) is 6.37. The number of rotatable bonds is 4. The van der Waals surface area contributed by atoms with Crippen molar-refractivity contribution in [1.82, 2.24) is 0 Å². The van der Waals surface area contributed by atoms with Gasteiger partial charge in [-0.3, -0.25) is 0 Å². The second-order valence-corrected chi connectivity index (χ2v) is 2.03. The van der Waals surface area contributed by atoms with Gasteiger partial charge in [-0.25, -0.2) is 0 Å². The van der Waals surface area contributed by atoms with Gasteiger partial charge in [-0.1, -0.05) is 43.0 Å². The van der Waals surface area contributed by atoms with Crippen LogP contribution in [-0.2, 0) is 0 Å². The van der Waals surface area contributed by atoms with Gasteiger partial charge in [-0.15, -0.1) is 0 Å². The van der Waals surface area contributed by atoms with E-state index in [0.29, 0.717) is 6.54 Å². The highest BCUT2D eigenvalue weighted by molar-refractivity contribution is 5.32. The SMILES string of the molecule is C=CC(/C=C/CN)=C\C=C/C. The molecule has 0 radical (unpaired) electrons. The maximum absolute atomic E-state index is 5.29. The first-order valence-corrected chi connectivity index (χ1v) is 3.67. The summed E-state index contributed by atoms with van der Waals surface area (Å²) in [5, 5.41) is 0. The Morgan fingerprint density at radius 1 is 1.55 bits per heavy atom. The molecule has 0 saturated carbocycles. The summed E-state index contributed by atoms with van der Waals surface area (Å²) in [6.45, 7) is 6.22. The molecule has 0 amide bonds. The predicted molar refractivity (Wildman–Crippen MR) is 51.3 cm³/mol. The topological polar surface area (TPSA) is 26.0 Å². The largest absolute Gasteiger partial charge is 0.327 e. The molecule has 0 aromatic rings. The zero-order valence-electron chi connectivity index (χ0n) is 6.96. The lowest BCUT2D eigenvalue weighted by atomic mass is 10.2. The lowest BCUT2D eigenvalue weighted by molar-refractivity contribution is 1.25. The summed E-state index contributed by atoms with van der Waals surface area (Å²) in [6, 6.07) is 0. The second kappa shape index (κ2) is 7.03. The first-order valence-electron chi connectivity index (χ1n) is 3.67. The Hall–Kier alpha value is -1.08. The van der Waals surface area contributed by atoms with Crippen molar-refractivity contribution in [2.45, 2.75) is 6.92 Å². The van der Waals surface area contributed by atoms with Crippen LogP contribution in [0.2, 0.25) is 0 Å². The maximum Gasteiger partial charge on any atom is 0.0110 e. The molecular weight excluding hydrogens is 134 g/mol. The van der Waals surface area contributed by atoms with Crippen molar-refractivity contribution in [2.24, 2.45) is 5.73 Å². The van der Waals surface area contributed by atoms with Gasteiger partial charge in [0.05, 0.1) is 0 Å². The summed E-state index contributed by atoms with van der Waals surface area (Å²) < 4.78 is 0. The average molecular weight is 149 g/mol. The van der Waals surface area contributed by atoms with E-state index in [1.54, 1.807) is 6.08 Å². The lowest BCUT2D eigenvalue weighted by Gasteiger charge is -1.88. The Morgan fingerprint density at radius 2 is 2.27 bits per heavy atom. The van der Waals surface area contributed by atoms with Crippen LogP contribution in [0.25, 0.3) is 0 Å². The van der Waals surface area contributed by atoms with E-state index >= 15 is 0 Å². The minimum atomic E-state index is 0.570. The molecule has 0 unspecified atom stereocenters. The Labute approximate surface area is 68.6 Å². The molecule has 11 heavy (non-hydrogen) atoms. The van der Waals surface area contributed by atoms with E-state index < -0.39 is 0 Å². The zero-order valence-corrected chi connectivity index (χ0v) is 6.96. The molecule has 1 heteroatoms. The zero-order chi connectivity index (χ0) is 8.53. The number of allylic oxidation sites excluding steroid dienone is 6. The molecular formula is C10H15N. The van der Waals surface area contributed by atoms with Crippen molar-refractivity contribution in [3.63, 3.8) is 0 Å². The highest BCUT2D eigenvalue weighted by Crippen LogP contribution is 1.97. The Bertz CT molecular complexity index is 185. The van der Waals surface area contributed by atoms with Gasteiger partial charge in [-0.05, 0) is 12.5 Å². The van der Waals surface area contributed by atoms with Crippen LogP contribution in [0.15, 0.2) is 48.6 Å². The fraction of sp³-hybridized carbons (Fsp3) is 0.200. The quantitative estimate of drug-likeness (QED) is 0.609. The third kappa shape index (κ3) is 5.37. The molecule has 0 aromatic carbocycles. The molecule has 0 aliphatic rings. The van der Waals surface area contributed by atoms with Crippen molar-refractivity contribution in [2.75, 3.05) is 6.54 Å². The summed E-state index contributed by atoms with van der Waals surface area (Å²) in [4.78, 5) is 0. The third-order valence-electron chi connectivity index (χ3n) is 1.16. The van der Waals surface area contributed by atoms with Crippen LogP contribution in [0.4, 0.5) is 0 Å². The van der Waals surface area contributed by atoms with E-state index in [0.717, 1.165) is 5.57 Å². The van der Waals surface area contributed by atoms with E-state index in [-0.39, 0.29) is 0 Å². The number of nitrogens with two attached hydrogens (primary N) is 1. The van der Waals surface area contributed by atoms with Crippen LogP contribution in [0.1, 0.15) is 6.92 Å². The van der Waals surface area contributed by atoms with E-state index in [1.807, 2.05) is 37.3 Å². The summed E-state index contributed by atoms with van der Waals surface area (Å²) in [6.07, 6.45) is 11.6. The first-order chi connectivity index (χ1) is 5.35. The molecule has 0 aromatic heterocycles.